The van der Waals surface area contributed by atoms with Gasteiger partial charge < -0.3 is 24.3 Å². The number of hydrogen-bond acceptors (Lipinski definition) is 6. The zero-order valence-corrected chi connectivity index (χ0v) is 15.7. The Balaban J connectivity index is 2.11. The number of carbonyl (C=O) groups is 1. The summed E-state index contributed by atoms with van der Waals surface area (Å²) in [5.74, 6) is 1.79. The second-order valence-corrected chi connectivity index (χ2v) is 5.45. The Hall–Kier alpha value is -3.00. The van der Waals surface area contributed by atoms with Crippen LogP contribution in [0.2, 0.25) is 0 Å². The zero-order chi connectivity index (χ0) is 19.1. The van der Waals surface area contributed by atoms with Gasteiger partial charge in [0.15, 0.2) is 16.6 Å². The lowest BCUT2D eigenvalue weighted by Gasteiger charge is -2.14. The summed E-state index contributed by atoms with van der Waals surface area (Å²) in [5.41, 5.74) is 0.953. The van der Waals surface area contributed by atoms with E-state index in [1.165, 1.54) is 21.3 Å². The molecule has 0 spiro atoms. The third-order valence-electron chi connectivity index (χ3n) is 3.53. The van der Waals surface area contributed by atoms with Crippen LogP contribution in [0.4, 0.5) is 5.69 Å². The fourth-order valence-corrected chi connectivity index (χ4v) is 2.42. The zero-order valence-electron chi connectivity index (χ0n) is 14.9. The standard InChI is InChI=1S/C18H20N2O5S/c1-22-12-6-8-14(23-2)13(10-12)19-18(26)20-17(21)11-5-7-15(24-3)16(9-11)25-4/h5-10H,1-4H3,(H2,19,20,21,26). The maximum atomic E-state index is 12.4. The molecule has 2 aromatic carbocycles. The summed E-state index contributed by atoms with van der Waals surface area (Å²) in [5, 5.41) is 5.66. The molecule has 0 aliphatic rings. The van der Waals surface area contributed by atoms with Crippen LogP contribution in [0.5, 0.6) is 23.0 Å². The van der Waals surface area contributed by atoms with Crippen molar-refractivity contribution in [3.63, 3.8) is 0 Å². The van der Waals surface area contributed by atoms with Gasteiger partial charge in [0.05, 0.1) is 34.1 Å². The number of carbonyl (C=O) groups excluding carboxylic acids is 1. The van der Waals surface area contributed by atoms with Crippen LogP contribution in [-0.2, 0) is 0 Å². The van der Waals surface area contributed by atoms with Crippen molar-refractivity contribution in [1.29, 1.82) is 0 Å². The quantitative estimate of drug-likeness (QED) is 0.751. The van der Waals surface area contributed by atoms with E-state index in [9.17, 15) is 4.79 Å². The molecule has 0 radical (unpaired) electrons. The van der Waals surface area contributed by atoms with Crippen LogP contribution < -0.4 is 29.6 Å². The Bertz CT molecular complexity index is 810. The normalized spacial score (nSPS) is 9.85. The van der Waals surface area contributed by atoms with Crippen molar-refractivity contribution in [2.75, 3.05) is 33.8 Å². The summed E-state index contributed by atoms with van der Waals surface area (Å²) < 4.78 is 20.8. The highest BCUT2D eigenvalue weighted by molar-refractivity contribution is 7.80. The topological polar surface area (TPSA) is 78.1 Å². The highest BCUT2D eigenvalue weighted by Gasteiger charge is 2.13. The van der Waals surface area contributed by atoms with Crippen molar-refractivity contribution in [2.45, 2.75) is 0 Å². The van der Waals surface area contributed by atoms with E-state index in [1.54, 1.807) is 43.5 Å². The largest absolute Gasteiger partial charge is 0.497 e. The van der Waals surface area contributed by atoms with E-state index >= 15 is 0 Å². The molecule has 8 heteroatoms. The van der Waals surface area contributed by atoms with E-state index in [0.29, 0.717) is 34.2 Å². The van der Waals surface area contributed by atoms with E-state index < -0.39 is 0 Å². The summed E-state index contributed by atoms with van der Waals surface area (Å²) in [6, 6.07) is 10.0. The van der Waals surface area contributed by atoms with E-state index in [-0.39, 0.29) is 11.0 Å². The van der Waals surface area contributed by atoms with Gasteiger partial charge >= 0.3 is 0 Å². The maximum Gasteiger partial charge on any atom is 0.257 e. The number of hydrogen-bond donors (Lipinski definition) is 2. The number of thiocarbonyl (C=S) groups is 1. The number of benzene rings is 2. The van der Waals surface area contributed by atoms with Crippen LogP contribution in [0.3, 0.4) is 0 Å². The van der Waals surface area contributed by atoms with Gasteiger partial charge in [-0.2, -0.15) is 0 Å². The van der Waals surface area contributed by atoms with Crippen molar-refractivity contribution in [3.8, 4) is 23.0 Å². The van der Waals surface area contributed by atoms with E-state index in [0.717, 1.165) is 0 Å². The van der Waals surface area contributed by atoms with Gasteiger partial charge in [-0.1, -0.05) is 0 Å². The van der Waals surface area contributed by atoms with Crippen LogP contribution in [0.15, 0.2) is 36.4 Å². The van der Waals surface area contributed by atoms with E-state index in [1.807, 2.05) is 0 Å². The fraction of sp³-hybridized carbons (Fsp3) is 0.222. The van der Waals surface area contributed by atoms with Crippen LogP contribution in [0.25, 0.3) is 0 Å². The molecule has 138 valence electrons. The SMILES string of the molecule is COc1ccc(OC)c(NC(=S)NC(=O)c2ccc(OC)c(OC)c2)c1. The molecule has 26 heavy (non-hydrogen) atoms. The van der Waals surface area contributed by atoms with Crippen molar-refractivity contribution >= 4 is 28.9 Å². The van der Waals surface area contributed by atoms with Crippen molar-refractivity contribution in [3.05, 3.63) is 42.0 Å². The molecular weight excluding hydrogens is 356 g/mol. The minimum Gasteiger partial charge on any atom is -0.497 e. The van der Waals surface area contributed by atoms with Gasteiger partial charge in [-0.15, -0.1) is 0 Å². The third-order valence-corrected chi connectivity index (χ3v) is 3.73. The molecule has 2 aromatic rings. The Morgan fingerprint density at radius 3 is 2.12 bits per heavy atom. The summed E-state index contributed by atoms with van der Waals surface area (Å²) in [6.07, 6.45) is 0. The van der Waals surface area contributed by atoms with Crippen LogP contribution in [0.1, 0.15) is 10.4 Å². The smallest absolute Gasteiger partial charge is 0.257 e. The molecule has 0 saturated heterocycles. The Morgan fingerprint density at radius 2 is 1.50 bits per heavy atom. The number of methoxy groups -OCH3 is 4. The monoisotopic (exact) mass is 376 g/mol. The minimum absolute atomic E-state index is 0.122. The first kappa shape index (κ1) is 19.3. The maximum absolute atomic E-state index is 12.4. The number of amides is 1. The molecule has 1 amide bonds. The van der Waals surface area contributed by atoms with Crippen molar-refractivity contribution < 1.29 is 23.7 Å². The lowest BCUT2D eigenvalue weighted by atomic mass is 10.2. The minimum atomic E-state index is -0.384. The van der Waals surface area contributed by atoms with Crippen molar-refractivity contribution in [1.82, 2.24) is 5.32 Å². The first-order valence-electron chi connectivity index (χ1n) is 7.58. The summed E-state index contributed by atoms with van der Waals surface area (Å²) >= 11 is 5.21. The molecule has 7 nitrogen and oxygen atoms in total. The first-order valence-corrected chi connectivity index (χ1v) is 7.99. The van der Waals surface area contributed by atoms with Gasteiger partial charge in [0.25, 0.3) is 5.91 Å². The molecule has 0 unspecified atom stereocenters. The second-order valence-electron chi connectivity index (χ2n) is 5.04. The molecule has 0 heterocycles. The molecule has 0 bridgehead atoms. The first-order chi connectivity index (χ1) is 12.5. The number of rotatable bonds is 6. The lowest BCUT2D eigenvalue weighted by molar-refractivity contribution is 0.0977. The molecule has 0 atom stereocenters. The summed E-state index contributed by atoms with van der Waals surface area (Å²) in [6.45, 7) is 0. The Kier molecular flexibility index (Phi) is 6.62. The Labute approximate surface area is 157 Å². The number of ether oxygens (including phenoxy) is 4. The van der Waals surface area contributed by atoms with E-state index in [2.05, 4.69) is 10.6 Å². The highest BCUT2D eigenvalue weighted by atomic mass is 32.1. The molecule has 0 aliphatic carbocycles. The average molecular weight is 376 g/mol. The van der Waals surface area contributed by atoms with E-state index in [4.69, 9.17) is 31.2 Å². The molecular formula is C18H20N2O5S. The molecule has 2 N–H and O–H groups in total. The molecule has 0 aliphatic heterocycles. The predicted octanol–water partition coefficient (Wildman–Crippen LogP) is 2.85. The Morgan fingerprint density at radius 1 is 0.846 bits per heavy atom. The molecule has 0 saturated carbocycles. The van der Waals surface area contributed by atoms with Gasteiger partial charge in [-0.25, -0.2) is 0 Å². The van der Waals surface area contributed by atoms with Gasteiger partial charge in [-0.3, -0.25) is 10.1 Å². The number of nitrogens with one attached hydrogen (secondary N) is 2. The van der Waals surface area contributed by atoms with Crippen LogP contribution in [0, 0.1) is 0 Å². The van der Waals surface area contributed by atoms with Gasteiger partial charge in [0.2, 0.25) is 0 Å². The third kappa shape index (κ3) is 4.54. The van der Waals surface area contributed by atoms with Gasteiger partial charge in [-0.05, 0) is 42.5 Å². The van der Waals surface area contributed by atoms with Crippen LogP contribution >= 0.6 is 12.2 Å². The molecule has 0 aromatic heterocycles. The molecule has 0 fully saturated rings. The summed E-state index contributed by atoms with van der Waals surface area (Å²) in [4.78, 5) is 12.4. The fourth-order valence-electron chi connectivity index (χ4n) is 2.22. The van der Waals surface area contributed by atoms with Crippen molar-refractivity contribution in [2.24, 2.45) is 0 Å². The predicted molar refractivity (Wildman–Crippen MR) is 103 cm³/mol. The second kappa shape index (κ2) is 8.91. The number of anilines is 1. The van der Waals surface area contributed by atoms with Gasteiger partial charge in [0, 0.05) is 11.6 Å². The summed E-state index contributed by atoms with van der Waals surface area (Å²) in [7, 11) is 6.12. The average Bonchev–Trinajstić information content (AvgIpc) is 2.66. The molecule has 2 rings (SSSR count). The van der Waals surface area contributed by atoms with Gasteiger partial charge in [0.1, 0.15) is 11.5 Å². The van der Waals surface area contributed by atoms with Crippen LogP contribution in [-0.4, -0.2) is 39.5 Å². The lowest BCUT2D eigenvalue weighted by Crippen LogP contribution is -2.34. The highest BCUT2D eigenvalue weighted by Crippen LogP contribution is 2.29.